The summed E-state index contributed by atoms with van der Waals surface area (Å²) in [4.78, 5) is 45.2. The molecule has 1 aliphatic heterocycles. The van der Waals surface area contributed by atoms with E-state index >= 15 is 0 Å². The number of benzene rings is 3. The van der Waals surface area contributed by atoms with Crippen LogP contribution in [0.1, 0.15) is 39.0 Å². The Morgan fingerprint density at radius 1 is 1.05 bits per heavy atom. The Morgan fingerprint density at radius 3 is 2.56 bits per heavy atom. The fourth-order valence-electron chi connectivity index (χ4n) is 5.03. The zero-order valence-corrected chi connectivity index (χ0v) is 24.5. The van der Waals surface area contributed by atoms with E-state index in [-0.39, 0.29) is 23.3 Å². The topological polar surface area (TPSA) is 93.1 Å². The molecule has 2 heterocycles. The number of carbonyl (C=O) groups is 2. The van der Waals surface area contributed by atoms with Crippen molar-refractivity contribution in [3.8, 4) is 16.8 Å². The minimum atomic E-state index is -0.584. The summed E-state index contributed by atoms with van der Waals surface area (Å²) in [6, 6.07) is 22.4. The normalized spacial score (nSPS) is 14.6. The third-order valence-corrected chi connectivity index (χ3v) is 8.81. The van der Waals surface area contributed by atoms with E-state index in [2.05, 4.69) is 17.6 Å². The lowest BCUT2D eigenvalue weighted by Gasteiger charge is -2.23. The summed E-state index contributed by atoms with van der Waals surface area (Å²) in [5.74, 6) is -0.737. The minimum absolute atomic E-state index is 0.176. The van der Waals surface area contributed by atoms with Crippen molar-refractivity contribution in [3.63, 3.8) is 0 Å². The molecular weight excluding hydrogens is 556 g/mol. The van der Waals surface area contributed by atoms with E-state index in [1.807, 2.05) is 60.7 Å². The van der Waals surface area contributed by atoms with Gasteiger partial charge in [-0.1, -0.05) is 79.5 Å². The number of hydrogen-bond donors (Lipinski definition) is 2. The zero-order chi connectivity index (χ0) is 28.8. The van der Waals surface area contributed by atoms with Crippen molar-refractivity contribution >= 4 is 46.1 Å². The highest BCUT2D eigenvalue weighted by atomic mass is 35.5. The highest BCUT2D eigenvalue weighted by molar-refractivity contribution is 8.00. The molecule has 1 aliphatic rings. The van der Waals surface area contributed by atoms with Crippen molar-refractivity contribution in [2.75, 3.05) is 13.1 Å². The van der Waals surface area contributed by atoms with Crippen LogP contribution in [0.3, 0.4) is 0 Å². The Morgan fingerprint density at radius 2 is 1.80 bits per heavy atom. The quantitative estimate of drug-likeness (QED) is 0.184. The lowest BCUT2D eigenvalue weighted by molar-refractivity contribution is -0.133. The monoisotopic (exact) mass is 588 g/mol. The second-order valence-electron chi connectivity index (χ2n) is 10.2. The Bertz CT molecular complexity index is 1600. The first-order valence-corrected chi connectivity index (χ1v) is 15.3. The van der Waals surface area contributed by atoms with E-state index in [0.29, 0.717) is 46.0 Å². The van der Waals surface area contributed by atoms with Gasteiger partial charge in [0.05, 0.1) is 21.8 Å². The smallest absolute Gasteiger partial charge is 0.266 e. The first-order valence-electron chi connectivity index (χ1n) is 14.0. The Labute approximate surface area is 248 Å². The van der Waals surface area contributed by atoms with Gasteiger partial charge in [-0.25, -0.2) is 4.98 Å². The van der Waals surface area contributed by atoms with E-state index in [9.17, 15) is 14.4 Å². The lowest BCUT2D eigenvalue weighted by Crippen LogP contribution is -2.44. The molecule has 1 aromatic heterocycles. The molecule has 2 N–H and O–H groups in total. The predicted molar refractivity (Wildman–Crippen MR) is 166 cm³/mol. The lowest BCUT2D eigenvalue weighted by atomic mass is 9.97. The Hall–Kier alpha value is -3.46. The van der Waals surface area contributed by atoms with E-state index in [4.69, 9.17) is 16.6 Å². The summed E-state index contributed by atoms with van der Waals surface area (Å²) >= 11 is 7.33. The van der Waals surface area contributed by atoms with Crippen LogP contribution in [-0.2, 0) is 9.59 Å². The number of hydrogen-bond acceptors (Lipinski definition) is 6. The van der Waals surface area contributed by atoms with Gasteiger partial charge in [0.1, 0.15) is 0 Å². The van der Waals surface area contributed by atoms with Crippen molar-refractivity contribution in [2.24, 2.45) is 5.92 Å². The summed E-state index contributed by atoms with van der Waals surface area (Å²) in [6.45, 7) is 3.59. The molecule has 41 heavy (non-hydrogen) atoms. The van der Waals surface area contributed by atoms with E-state index < -0.39 is 5.25 Å². The van der Waals surface area contributed by atoms with E-state index in [1.54, 1.807) is 16.7 Å². The van der Waals surface area contributed by atoms with Gasteiger partial charge in [-0.05, 0) is 79.9 Å². The number of imide groups is 1. The molecule has 0 spiro atoms. The third kappa shape index (κ3) is 6.89. The number of nitrogens with one attached hydrogen (secondary N) is 2. The van der Waals surface area contributed by atoms with Crippen LogP contribution in [0.25, 0.3) is 27.7 Å². The Balaban J connectivity index is 1.53. The SMILES string of the molecule is CCCCC(Sc1nc2ccccc2c(=O)n1-c1cccc(-c2ccc(Cl)cc2)c1)C(=O)NC(=O)C1CCNCC1. The van der Waals surface area contributed by atoms with Crippen LogP contribution in [0, 0.1) is 5.92 Å². The summed E-state index contributed by atoms with van der Waals surface area (Å²) in [5.41, 5.74) is 2.87. The summed E-state index contributed by atoms with van der Waals surface area (Å²) in [7, 11) is 0. The number of thioether (sulfide) groups is 1. The van der Waals surface area contributed by atoms with E-state index in [1.165, 1.54) is 11.8 Å². The van der Waals surface area contributed by atoms with Gasteiger partial charge >= 0.3 is 0 Å². The maximum Gasteiger partial charge on any atom is 0.266 e. The number of unbranched alkanes of at least 4 members (excludes halogenated alkanes) is 1. The molecule has 212 valence electrons. The largest absolute Gasteiger partial charge is 0.317 e. The number of rotatable bonds is 9. The second-order valence-corrected chi connectivity index (χ2v) is 11.8. The van der Waals surface area contributed by atoms with Crippen LogP contribution in [0.5, 0.6) is 0 Å². The van der Waals surface area contributed by atoms with Gasteiger partial charge in [0.25, 0.3) is 5.56 Å². The van der Waals surface area contributed by atoms with Crippen molar-refractivity contribution in [1.29, 1.82) is 0 Å². The van der Waals surface area contributed by atoms with Crippen LogP contribution in [0.15, 0.2) is 82.7 Å². The first-order chi connectivity index (χ1) is 19.9. The van der Waals surface area contributed by atoms with Crippen LogP contribution in [0.4, 0.5) is 0 Å². The number of piperidine rings is 1. The van der Waals surface area contributed by atoms with Gasteiger partial charge < -0.3 is 5.32 Å². The highest BCUT2D eigenvalue weighted by Gasteiger charge is 2.28. The molecule has 1 unspecified atom stereocenters. The van der Waals surface area contributed by atoms with Crippen LogP contribution < -0.4 is 16.2 Å². The summed E-state index contributed by atoms with van der Waals surface area (Å²) in [6.07, 6.45) is 3.67. The standard InChI is InChI=1S/C32H33ClN4O3S/c1-2-3-11-28(30(39)36-29(38)22-16-18-34-19-17-22)41-32-35-27-10-5-4-9-26(27)31(40)37(32)25-8-6-7-23(20-25)21-12-14-24(33)15-13-21/h4-10,12-15,20,22,28,34H,2-3,11,16-19H2,1H3,(H,36,38,39). The molecule has 1 saturated heterocycles. The predicted octanol–water partition coefficient (Wildman–Crippen LogP) is 6.00. The highest BCUT2D eigenvalue weighted by Crippen LogP contribution is 2.30. The van der Waals surface area contributed by atoms with Gasteiger partial charge in [0.2, 0.25) is 11.8 Å². The molecule has 0 radical (unpaired) electrons. The minimum Gasteiger partial charge on any atom is -0.317 e. The molecule has 1 fully saturated rings. The average Bonchev–Trinajstić information content (AvgIpc) is 3.00. The van der Waals surface area contributed by atoms with Crippen LogP contribution in [-0.4, -0.2) is 39.7 Å². The number of amides is 2. The molecule has 0 bridgehead atoms. The summed E-state index contributed by atoms with van der Waals surface area (Å²) < 4.78 is 1.58. The number of halogens is 1. The van der Waals surface area contributed by atoms with Crippen molar-refractivity contribution in [1.82, 2.24) is 20.2 Å². The molecule has 5 rings (SSSR count). The molecule has 4 aromatic rings. The van der Waals surface area contributed by atoms with Crippen molar-refractivity contribution in [2.45, 2.75) is 49.4 Å². The molecule has 2 amide bonds. The number of fused-ring (bicyclic) bond motifs is 1. The Kier molecular flexibility index (Phi) is 9.54. The number of para-hydroxylation sites is 1. The van der Waals surface area contributed by atoms with Gasteiger partial charge in [-0.15, -0.1) is 0 Å². The fourth-order valence-corrected chi connectivity index (χ4v) is 6.31. The summed E-state index contributed by atoms with van der Waals surface area (Å²) in [5, 5.41) is 6.88. The zero-order valence-electron chi connectivity index (χ0n) is 22.9. The fraction of sp³-hybridized carbons (Fsp3) is 0.312. The third-order valence-electron chi connectivity index (χ3n) is 7.34. The molecule has 7 nitrogen and oxygen atoms in total. The number of carbonyl (C=O) groups excluding carboxylic acids is 2. The van der Waals surface area contributed by atoms with Crippen LogP contribution >= 0.6 is 23.4 Å². The van der Waals surface area contributed by atoms with Gasteiger partial charge in [0.15, 0.2) is 5.16 Å². The van der Waals surface area contributed by atoms with E-state index in [0.717, 1.165) is 37.1 Å². The molecule has 0 saturated carbocycles. The average molecular weight is 589 g/mol. The molecule has 9 heteroatoms. The molecule has 3 aromatic carbocycles. The second kappa shape index (κ2) is 13.5. The molecular formula is C32H33ClN4O3S. The maximum atomic E-state index is 13.9. The van der Waals surface area contributed by atoms with Crippen molar-refractivity contribution in [3.05, 3.63) is 88.2 Å². The maximum absolute atomic E-state index is 13.9. The van der Waals surface area contributed by atoms with Crippen molar-refractivity contribution < 1.29 is 9.59 Å². The number of nitrogens with zero attached hydrogens (tertiary/aromatic N) is 2. The number of aromatic nitrogens is 2. The van der Waals surface area contributed by atoms with Gasteiger partial charge in [0, 0.05) is 10.9 Å². The van der Waals surface area contributed by atoms with Gasteiger partial charge in [-0.3, -0.25) is 24.3 Å². The first kappa shape index (κ1) is 29.0. The van der Waals surface area contributed by atoms with Gasteiger partial charge in [-0.2, -0.15) is 0 Å². The molecule has 1 atom stereocenters. The molecule has 0 aliphatic carbocycles. The van der Waals surface area contributed by atoms with Crippen LogP contribution in [0.2, 0.25) is 5.02 Å².